The van der Waals surface area contributed by atoms with Crippen molar-refractivity contribution in [2.75, 3.05) is 21.3 Å². The van der Waals surface area contributed by atoms with E-state index in [-0.39, 0.29) is 32.6 Å². The number of aromatic nitrogens is 3. The van der Waals surface area contributed by atoms with Gasteiger partial charge in [0.05, 0.1) is 38.0 Å². The first-order chi connectivity index (χ1) is 13.4. The van der Waals surface area contributed by atoms with Crippen LogP contribution in [0.3, 0.4) is 0 Å². The number of hydrogen-bond donors (Lipinski definition) is 2. The SMILES string of the molecule is COC(=O)c1c(-c2ccc(OC)cc2)nc2[nH]c(=S)[nH]c(=O)c2c1C(=O)OC. The molecule has 28 heavy (non-hydrogen) atoms. The molecule has 0 amide bonds. The number of nitrogens with zero attached hydrogens (tertiary/aromatic N) is 1. The third-order valence-corrected chi connectivity index (χ3v) is 4.23. The zero-order valence-electron chi connectivity index (χ0n) is 15.1. The van der Waals surface area contributed by atoms with E-state index in [2.05, 4.69) is 15.0 Å². The van der Waals surface area contributed by atoms with Gasteiger partial charge in [-0.2, -0.15) is 0 Å². The normalized spacial score (nSPS) is 10.5. The van der Waals surface area contributed by atoms with Crippen molar-refractivity contribution in [2.24, 2.45) is 0 Å². The van der Waals surface area contributed by atoms with Crippen molar-refractivity contribution < 1.29 is 23.8 Å². The molecular weight excluding hydrogens is 386 g/mol. The summed E-state index contributed by atoms with van der Waals surface area (Å²) in [5, 5.41) is -0.155. The van der Waals surface area contributed by atoms with Crippen molar-refractivity contribution in [2.45, 2.75) is 0 Å². The number of methoxy groups -OCH3 is 3. The van der Waals surface area contributed by atoms with Gasteiger partial charge in [-0.3, -0.25) is 9.78 Å². The highest BCUT2D eigenvalue weighted by molar-refractivity contribution is 7.71. The molecule has 3 aromatic rings. The highest BCUT2D eigenvalue weighted by Crippen LogP contribution is 2.30. The van der Waals surface area contributed by atoms with Gasteiger partial charge in [0.15, 0.2) is 4.77 Å². The van der Waals surface area contributed by atoms with E-state index < -0.39 is 17.5 Å². The standard InChI is InChI=1S/C18H15N3O6S/c1-25-9-6-4-8(5-7-9)13-11(17(24)27-3)10(16(23)26-2)12-14(19-13)20-18(28)21-15(12)22/h4-7H,1-3H3,(H2,19,20,21,22,28). The van der Waals surface area contributed by atoms with Gasteiger partial charge in [0.2, 0.25) is 0 Å². The molecule has 0 fully saturated rings. The maximum absolute atomic E-state index is 12.6. The molecule has 10 heteroatoms. The Kier molecular flexibility index (Phi) is 5.23. The minimum Gasteiger partial charge on any atom is -0.497 e. The maximum Gasteiger partial charge on any atom is 0.341 e. The van der Waals surface area contributed by atoms with E-state index in [4.69, 9.17) is 26.4 Å². The second-order valence-corrected chi connectivity index (χ2v) is 5.96. The number of rotatable bonds is 4. The summed E-state index contributed by atoms with van der Waals surface area (Å²) < 4.78 is 14.8. The molecule has 0 aliphatic carbocycles. The number of esters is 2. The lowest BCUT2D eigenvalue weighted by molar-refractivity contribution is 0.0557. The fraction of sp³-hybridized carbons (Fsp3) is 0.167. The van der Waals surface area contributed by atoms with Crippen LogP contribution >= 0.6 is 12.2 Å². The first-order valence-corrected chi connectivity index (χ1v) is 8.33. The predicted molar refractivity (Wildman–Crippen MR) is 102 cm³/mol. The van der Waals surface area contributed by atoms with Crippen LogP contribution in [0.1, 0.15) is 20.7 Å². The lowest BCUT2D eigenvalue weighted by Crippen LogP contribution is -2.21. The topological polar surface area (TPSA) is 123 Å². The molecule has 0 saturated heterocycles. The number of fused-ring (bicyclic) bond motifs is 1. The molecule has 0 spiro atoms. The van der Waals surface area contributed by atoms with Crippen molar-refractivity contribution >= 4 is 35.2 Å². The lowest BCUT2D eigenvalue weighted by atomic mass is 9.98. The van der Waals surface area contributed by atoms with Crippen LogP contribution in [0.4, 0.5) is 0 Å². The van der Waals surface area contributed by atoms with Crippen molar-refractivity contribution in [3.8, 4) is 17.0 Å². The Morgan fingerprint density at radius 2 is 1.57 bits per heavy atom. The summed E-state index contributed by atoms with van der Waals surface area (Å²) in [5.74, 6) is -1.14. The minimum absolute atomic E-state index is 0.0207. The van der Waals surface area contributed by atoms with Gasteiger partial charge in [-0.1, -0.05) is 0 Å². The number of nitrogens with one attached hydrogen (secondary N) is 2. The lowest BCUT2D eigenvalue weighted by Gasteiger charge is -2.14. The molecule has 9 nitrogen and oxygen atoms in total. The Morgan fingerprint density at radius 3 is 2.14 bits per heavy atom. The number of carbonyl (C=O) groups is 2. The Bertz CT molecular complexity index is 1200. The summed E-state index contributed by atoms with van der Waals surface area (Å²) in [4.78, 5) is 47.0. The van der Waals surface area contributed by atoms with E-state index in [9.17, 15) is 14.4 Å². The molecule has 0 bridgehead atoms. The van der Waals surface area contributed by atoms with Crippen LogP contribution in [0.2, 0.25) is 0 Å². The second kappa shape index (κ2) is 7.61. The van der Waals surface area contributed by atoms with Gasteiger partial charge in [0.25, 0.3) is 5.56 Å². The van der Waals surface area contributed by atoms with E-state index in [0.717, 1.165) is 14.2 Å². The molecule has 1 aromatic carbocycles. The van der Waals surface area contributed by atoms with Crippen LogP contribution in [0.5, 0.6) is 5.75 Å². The first-order valence-electron chi connectivity index (χ1n) is 7.92. The number of hydrogen-bond acceptors (Lipinski definition) is 8. The number of carbonyl (C=O) groups excluding carboxylic acids is 2. The molecular formula is C18H15N3O6S. The number of pyridine rings is 1. The van der Waals surface area contributed by atoms with Crippen molar-refractivity contribution in [1.29, 1.82) is 0 Å². The number of benzene rings is 1. The molecule has 0 aliphatic rings. The summed E-state index contributed by atoms with van der Waals surface area (Å²) in [6.45, 7) is 0. The van der Waals surface area contributed by atoms with Gasteiger partial charge >= 0.3 is 11.9 Å². The Morgan fingerprint density at radius 1 is 0.964 bits per heavy atom. The van der Waals surface area contributed by atoms with Crippen LogP contribution in [-0.4, -0.2) is 48.2 Å². The highest BCUT2D eigenvalue weighted by Gasteiger charge is 2.29. The monoisotopic (exact) mass is 401 g/mol. The molecule has 0 unspecified atom stereocenters. The minimum atomic E-state index is -0.890. The van der Waals surface area contributed by atoms with Crippen molar-refractivity contribution in [3.05, 3.63) is 50.5 Å². The zero-order chi connectivity index (χ0) is 20.4. The Labute approximate surface area is 163 Å². The number of aromatic amines is 2. The summed E-state index contributed by atoms with van der Waals surface area (Å²) in [6.07, 6.45) is 0. The average molecular weight is 401 g/mol. The van der Waals surface area contributed by atoms with Gasteiger partial charge < -0.3 is 19.2 Å². The molecule has 2 heterocycles. The fourth-order valence-corrected chi connectivity index (χ4v) is 2.96. The Balaban J connectivity index is 2.51. The molecule has 144 valence electrons. The quantitative estimate of drug-likeness (QED) is 0.504. The smallest absolute Gasteiger partial charge is 0.341 e. The van der Waals surface area contributed by atoms with Gasteiger partial charge in [-0.25, -0.2) is 14.6 Å². The average Bonchev–Trinajstić information content (AvgIpc) is 2.71. The van der Waals surface area contributed by atoms with Gasteiger partial charge in [-0.15, -0.1) is 0 Å². The maximum atomic E-state index is 12.6. The summed E-state index contributed by atoms with van der Waals surface area (Å²) in [7, 11) is 3.82. The van der Waals surface area contributed by atoms with Gasteiger partial charge in [-0.05, 0) is 36.5 Å². The summed E-state index contributed by atoms with van der Waals surface area (Å²) in [6, 6.07) is 6.64. The molecule has 0 aliphatic heterocycles. The molecule has 3 rings (SSSR count). The largest absolute Gasteiger partial charge is 0.497 e. The van der Waals surface area contributed by atoms with Crippen LogP contribution in [0.25, 0.3) is 22.3 Å². The van der Waals surface area contributed by atoms with Crippen LogP contribution in [-0.2, 0) is 9.47 Å². The van der Waals surface area contributed by atoms with E-state index in [1.54, 1.807) is 24.3 Å². The molecule has 0 radical (unpaired) electrons. The predicted octanol–water partition coefficient (Wildman–Crippen LogP) is 2.23. The van der Waals surface area contributed by atoms with Gasteiger partial charge in [0, 0.05) is 5.56 Å². The van der Waals surface area contributed by atoms with E-state index in [1.165, 1.54) is 7.11 Å². The second-order valence-electron chi connectivity index (χ2n) is 5.55. The third-order valence-electron chi connectivity index (χ3n) is 4.03. The van der Waals surface area contributed by atoms with Crippen LogP contribution in [0, 0.1) is 4.77 Å². The van der Waals surface area contributed by atoms with Gasteiger partial charge in [0.1, 0.15) is 17.0 Å². The summed E-state index contributed by atoms with van der Waals surface area (Å²) >= 11 is 4.99. The van der Waals surface area contributed by atoms with E-state index >= 15 is 0 Å². The molecule has 2 N–H and O–H groups in total. The van der Waals surface area contributed by atoms with Crippen LogP contribution in [0.15, 0.2) is 29.1 Å². The van der Waals surface area contributed by atoms with E-state index in [1.807, 2.05) is 0 Å². The van der Waals surface area contributed by atoms with E-state index in [0.29, 0.717) is 11.3 Å². The van der Waals surface area contributed by atoms with Crippen molar-refractivity contribution in [1.82, 2.24) is 15.0 Å². The van der Waals surface area contributed by atoms with Crippen molar-refractivity contribution in [3.63, 3.8) is 0 Å². The molecule has 2 aromatic heterocycles. The third kappa shape index (κ3) is 3.25. The highest BCUT2D eigenvalue weighted by atomic mass is 32.1. The zero-order valence-corrected chi connectivity index (χ0v) is 15.9. The Hall–Kier alpha value is -3.53. The first kappa shape index (κ1) is 19.2. The molecule has 0 saturated carbocycles. The molecule has 0 atom stereocenters. The fourth-order valence-electron chi connectivity index (χ4n) is 2.77. The number of H-pyrrole nitrogens is 2. The number of ether oxygens (including phenoxy) is 3. The summed E-state index contributed by atoms with van der Waals surface area (Å²) in [5.41, 5.74) is -0.488. The van der Waals surface area contributed by atoms with Crippen LogP contribution < -0.4 is 10.3 Å².